The van der Waals surface area contributed by atoms with E-state index in [-0.39, 0.29) is 0 Å². The van der Waals surface area contributed by atoms with E-state index in [9.17, 15) is 0 Å². The van der Waals surface area contributed by atoms with Gasteiger partial charge in [-0.05, 0) is 36.8 Å². The van der Waals surface area contributed by atoms with Crippen molar-refractivity contribution in [1.29, 1.82) is 0 Å². The summed E-state index contributed by atoms with van der Waals surface area (Å²) < 4.78 is 0. The molecule has 0 N–H and O–H groups in total. The molecule has 0 atom stereocenters. The standard InChI is InChI=1S/C14H13NS.C2H6/c1-10-7-8-14-12(9-10)15(2)11-5-3-4-6-13(11)16-14;1-2/h3-9H,1-2H3;1-2H3. The number of benzene rings is 2. The molecule has 1 heterocycles. The Kier molecular flexibility index (Phi) is 3.97. The van der Waals surface area contributed by atoms with Crippen LogP contribution in [0.2, 0.25) is 0 Å². The van der Waals surface area contributed by atoms with Crippen LogP contribution in [0, 0.1) is 6.92 Å². The molecule has 0 unspecified atom stereocenters. The van der Waals surface area contributed by atoms with Gasteiger partial charge in [0.15, 0.2) is 0 Å². The van der Waals surface area contributed by atoms with E-state index in [1.165, 1.54) is 26.7 Å². The van der Waals surface area contributed by atoms with Crippen molar-refractivity contribution in [2.45, 2.75) is 30.6 Å². The van der Waals surface area contributed by atoms with Crippen LogP contribution >= 0.6 is 11.8 Å². The minimum atomic E-state index is 1.30. The number of para-hydroxylation sites is 1. The molecule has 1 aliphatic rings. The fourth-order valence-corrected chi connectivity index (χ4v) is 3.17. The number of anilines is 2. The fraction of sp³-hybridized carbons (Fsp3) is 0.250. The summed E-state index contributed by atoms with van der Waals surface area (Å²) in [5.41, 5.74) is 3.92. The molecule has 2 aromatic rings. The van der Waals surface area contributed by atoms with Gasteiger partial charge in [-0.15, -0.1) is 0 Å². The van der Waals surface area contributed by atoms with E-state index in [4.69, 9.17) is 0 Å². The predicted molar refractivity (Wildman–Crippen MR) is 81.2 cm³/mol. The molecule has 18 heavy (non-hydrogen) atoms. The Morgan fingerprint density at radius 3 is 2.33 bits per heavy atom. The van der Waals surface area contributed by atoms with Crippen LogP contribution in [0.1, 0.15) is 19.4 Å². The third kappa shape index (κ3) is 2.25. The molecule has 0 aliphatic carbocycles. The van der Waals surface area contributed by atoms with Gasteiger partial charge in [-0.2, -0.15) is 0 Å². The lowest BCUT2D eigenvalue weighted by Gasteiger charge is -2.29. The Labute approximate surface area is 114 Å². The van der Waals surface area contributed by atoms with Crippen LogP contribution in [0.3, 0.4) is 0 Å². The molecular weight excluding hydrogens is 238 g/mol. The van der Waals surface area contributed by atoms with Crippen LogP contribution in [0.5, 0.6) is 0 Å². The molecule has 2 aromatic carbocycles. The van der Waals surface area contributed by atoms with Gasteiger partial charge in [-0.3, -0.25) is 0 Å². The molecule has 0 fully saturated rings. The normalized spacial score (nSPS) is 12.1. The molecule has 2 heteroatoms. The number of hydrogen-bond acceptors (Lipinski definition) is 2. The highest BCUT2D eigenvalue weighted by Crippen LogP contribution is 2.47. The highest BCUT2D eigenvalue weighted by atomic mass is 32.2. The molecule has 0 amide bonds. The van der Waals surface area contributed by atoms with Gasteiger partial charge in [0.25, 0.3) is 0 Å². The van der Waals surface area contributed by atoms with Crippen LogP contribution in [0.25, 0.3) is 0 Å². The second kappa shape index (κ2) is 5.49. The molecule has 0 aromatic heterocycles. The summed E-state index contributed by atoms with van der Waals surface area (Å²) in [5, 5.41) is 0. The molecule has 0 spiro atoms. The lowest BCUT2D eigenvalue weighted by Crippen LogP contribution is -2.14. The number of aryl methyl sites for hydroxylation is 1. The highest BCUT2D eigenvalue weighted by molar-refractivity contribution is 7.99. The number of rotatable bonds is 0. The van der Waals surface area contributed by atoms with E-state index in [1.54, 1.807) is 0 Å². The Morgan fingerprint density at radius 2 is 1.56 bits per heavy atom. The van der Waals surface area contributed by atoms with Crippen molar-refractivity contribution in [2.75, 3.05) is 11.9 Å². The van der Waals surface area contributed by atoms with Crippen molar-refractivity contribution in [3.8, 4) is 0 Å². The van der Waals surface area contributed by atoms with Gasteiger partial charge in [0.1, 0.15) is 0 Å². The van der Waals surface area contributed by atoms with Gasteiger partial charge in [-0.25, -0.2) is 0 Å². The minimum absolute atomic E-state index is 1.30. The van der Waals surface area contributed by atoms with Gasteiger partial charge in [0.05, 0.1) is 11.4 Å². The maximum absolute atomic E-state index is 2.27. The first-order valence-corrected chi connectivity index (χ1v) is 7.18. The first-order chi connectivity index (χ1) is 8.75. The molecule has 0 bridgehead atoms. The molecule has 0 saturated carbocycles. The maximum Gasteiger partial charge on any atom is 0.0552 e. The van der Waals surface area contributed by atoms with Crippen LogP contribution in [0.15, 0.2) is 52.3 Å². The summed E-state index contributed by atoms with van der Waals surface area (Å²) in [6.45, 7) is 6.14. The lowest BCUT2D eigenvalue weighted by molar-refractivity contribution is 1.11. The van der Waals surface area contributed by atoms with Crippen molar-refractivity contribution in [3.63, 3.8) is 0 Å². The van der Waals surface area contributed by atoms with E-state index in [0.717, 1.165) is 0 Å². The summed E-state index contributed by atoms with van der Waals surface area (Å²) >= 11 is 1.85. The zero-order valence-electron chi connectivity index (χ0n) is 11.4. The van der Waals surface area contributed by atoms with Crippen LogP contribution in [-0.4, -0.2) is 7.05 Å². The maximum atomic E-state index is 2.27. The van der Waals surface area contributed by atoms with Gasteiger partial charge in [0.2, 0.25) is 0 Å². The lowest BCUT2D eigenvalue weighted by atomic mass is 10.2. The molecule has 3 rings (SSSR count). The van der Waals surface area contributed by atoms with Crippen LogP contribution < -0.4 is 4.90 Å². The Bertz CT molecular complexity index is 549. The smallest absolute Gasteiger partial charge is 0.0552 e. The summed E-state index contributed by atoms with van der Waals surface area (Å²) in [7, 11) is 2.14. The zero-order chi connectivity index (χ0) is 13.1. The summed E-state index contributed by atoms with van der Waals surface area (Å²) in [6, 6.07) is 15.2. The van der Waals surface area contributed by atoms with Crippen molar-refractivity contribution >= 4 is 23.1 Å². The number of hydrogen-bond donors (Lipinski definition) is 0. The minimum Gasteiger partial charge on any atom is -0.343 e. The van der Waals surface area contributed by atoms with Gasteiger partial charge in [0, 0.05) is 16.8 Å². The van der Waals surface area contributed by atoms with Crippen molar-refractivity contribution in [2.24, 2.45) is 0 Å². The quantitative estimate of drug-likeness (QED) is 0.634. The first-order valence-electron chi connectivity index (χ1n) is 6.37. The highest BCUT2D eigenvalue weighted by Gasteiger charge is 2.19. The monoisotopic (exact) mass is 257 g/mol. The fourth-order valence-electron chi connectivity index (χ4n) is 2.04. The van der Waals surface area contributed by atoms with Crippen LogP contribution in [-0.2, 0) is 0 Å². The predicted octanol–water partition coefficient (Wildman–Crippen LogP) is 5.25. The number of fused-ring (bicyclic) bond motifs is 2. The largest absolute Gasteiger partial charge is 0.343 e. The third-order valence-electron chi connectivity index (χ3n) is 2.92. The average molecular weight is 257 g/mol. The van der Waals surface area contributed by atoms with E-state index in [0.29, 0.717) is 0 Å². The molecule has 0 saturated heterocycles. The van der Waals surface area contributed by atoms with Crippen LogP contribution in [0.4, 0.5) is 11.4 Å². The van der Waals surface area contributed by atoms with E-state index >= 15 is 0 Å². The van der Waals surface area contributed by atoms with E-state index in [1.807, 2.05) is 25.6 Å². The van der Waals surface area contributed by atoms with Crippen molar-refractivity contribution in [3.05, 3.63) is 48.0 Å². The van der Waals surface area contributed by atoms with Crippen molar-refractivity contribution < 1.29 is 0 Å². The van der Waals surface area contributed by atoms with Gasteiger partial charge < -0.3 is 4.90 Å². The van der Waals surface area contributed by atoms with Gasteiger partial charge >= 0.3 is 0 Å². The third-order valence-corrected chi connectivity index (χ3v) is 4.05. The molecular formula is C16H19NS. The van der Waals surface area contributed by atoms with Crippen molar-refractivity contribution in [1.82, 2.24) is 0 Å². The number of nitrogens with zero attached hydrogens (tertiary/aromatic N) is 1. The Balaban J connectivity index is 0.000000574. The summed E-state index contributed by atoms with van der Waals surface area (Å²) in [5.74, 6) is 0. The summed E-state index contributed by atoms with van der Waals surface area (Å²) in [4.78, 5) is 4.95. The zero-order valence-corrected chi connectivity index (χ0v) is 12.2. The first kappa shape index (κ1) is 13.0. The topological polar surface area (TPSA) is 3.24 Å². The summed E-state index contributed by atoms with van der Waals surface area (Å²) in [6.07, 6.45) is 0. The molecule has 1 nitrogen and oxygen atoms in total. The van der Waals surface area contributed by atoms with E-state index < -0.39 is 0 Å². The molecule has 1 aliphatic heterocycles. The van der Waals surface area contributed by atoms with Gasteiger partial charge in [-0.1, -0.05) is 43.8 Å². The molecule has 94 valence electrons. The Morgan fingerprint density at radius 1 is 0.889 bits per heavy atom. The Hall–Kier alpha value is -1.41. The molecule has 0 radical (unpaired) electrons. The average Bonchev–Trinajstić information content (AvgIpc) is 2.42. The van der Waals surface area contributed by atoms with E-state index in [2.05, 4.69) is 61.3 Å². The SMILES string of the molecule is CC.Cc1ccc2c(c1)N(C)c1ccccc1S2. The second-order valence-electron chi connectivity index (χ2n) is 4.10. The second-order valence-corrected chi connectivity index (χ2v) is 5.18.